The second kappa shape index (κ2) is 7.32. The highest BCUT2D eigenvalue weighted by molar-refractivity contribution is 9.10. The molecule has 1 aromatic carbocycles. The Hall–Kier alpha value is -0.280. The van der Waals surface area contributed by atoms with Crippen molar-refractivity contribution in [3.63, 3.8) is 0 Å². The number of nitrogens with two attached hydrogens (primary N) is 1. The first-order valence-corrected chi connectivity index (χ1v) is 8.49. The van der Waals surface area contributed by atoms with Crippen molar-refractivity contribution in [2.24, 2.45) is 11.7 Å². The van der Waals surface area contributed by atoms with Gasteiger partial charge in [0.15, 0.2) is 0 Å². The smallest absolute Gasteiger partial charge is 0.243 e. The first-order valence-electron chi connectivity index (χ1n) is 6.22. The number of sulfonamides is 1. The molecule has 4 nitrogen and oxygen atoms in total. The Morgan fingerprint density at radius 1 is 1.29 bits per heavy atom. The summed E-state index contributed by atoms with van der Waals surface area (Å²) in [6.07, 6.45) is 2.40. The summed E-state index contributed by atoms with van der Waals surface area (Å²) < 4.78 is 53.6. The van der Waals surface area contributed by atoms with Crippen LogP contribution in [-0.2, 0) is 10.0 Å². The molecule has 0 aliphatic heterocycles. The summed E-state index contributed by atoms with van der Waals surface area (Å²) in [7, 11) is -4.03. The van der Waals surface area contributed by atoms with E-state index in [0.717, 1.165) is 18.9 Å². The molecule has 1 aliphatic carbocycles. The largest absolute Gasteiger partial charge is 0.330 e. The zero-order chi connectivity index (χ0) is 14.9. The van der Waals surface area contributed by atoms with Gasteiger partial charge in [-0.25, -0.2) is 21.9 Å². The maximum absolute atomic E-state index is 13.7. The molecule has 0 heterocycles. The van der Waals surface area contributed by atoms with Crippen LogP contribution in [0.1, 0.15) is 19.3 Å². The molecule has 0 radical (unpaired) electrons. The number of hydrogen-bond acceptors (Lipinski definition) is 3. The van der Waals surface area contributed by atoms with Crippen LogP contribution in [-0.4, -0.2) is 21.0 Å². The van der Waals surface area contributed by atoms with E-state index in [1.807, 2.05) is 0 Å². The quantitative estimate of drug-likeness (QED) is 0.756. The SMILES string of the molecule is Cl.NCC1CCCC1NS(=O)(=O)c1cc(Br)c(F)cc1F. The Morgan fingerprint density at radius 2 is 1.95 bits per heavy atom. The fourth-order valence-corrected chi connectivity index (χ4v) is 4.37. The van der Waals surface area contributed by atoms with Gasteiger partial charge in [-0.3, -0.25) is 0 Å². The summed E-state index contributed by atoms with van der Waals surface area (Å²) in [6.45, 7) is 0.378. The van der Waals surface area contributed by atoms with Gasteiger partial charge < -0.3 is 5.73 Å². The van der Waals surface area contributed by atoms with Crippen LogP contribution in [0.25, 0.3) is 0 Å². The average molecular weight is 406 g/mol. The number of hydrogen-bond donors (Lipinski definition) is 2. The Labute approximate surface area is 137 Å². The second-order valence-corrected chi connectivity index (χ2v) is 7.39. The summed E-state index contributed by atoms with van der Waals surface area (Å²) >= 11 is 2.86. The third-order valence-corrected chi connectivity index (χ3v) is 5.65. The van der Waals surface area contributed by atoms with Gasteiger partial charge in [-0.15, -0.1) is 12.4 Å². The molecule has 1 fully saturated rings. The Bertz CT molecular complexity index is 616. The van der Waals surface area contributed by atoms with Gasteiger partial charge in [-0.1, -0.05) is 6.42 Å². The van der Waals surface area contributed by atoms with Crippen LogP contribution in [0.3, 0.4) is 0 Å². The molecule has 1 aromatic rings. The van der Waals surface area contributed by atoms with Crippen molar-refractivity contribution >= 4 is 38.4 Å². The Kier molecular flexibility index (Phi) is 6.54. The highest BCUT2D eigenvalue weighted by Crippen LogP contribution is 2.28. The molecule has 1 saturated carbocycles. The van der Waals surface area contributed by atoms with E-state index in [1.165, 1.54) is 0 Å². The van der Waals surface area contributed by atoms with Crippen LogP contribution >= 0.6 is 28.3 Å². The van der Waals surface area contributed by atoms with Gasteiger partial charge in [-0.05, 0) is 47.3 Å². The summed E-state index contributed by atoms with van der Waals surface area (Å²) in [5.41, 5.74) is 5.59. The Morgan fingerprint density at radius 3 is 2.57 bits per heavy atom. The van der Waals surface area contributed by atoms with Crippen LogP contribution < -0.4 is 10.5 Å². The van der Waals surface area contributed by atoms with Gasteiger partial charge in [0.25, 0.3) is 0 Å². The van der Waals surface area contributed by atoms with Gasteiger partial charge in [0.1, 0.15) is 16.5 Å². The lowest BCUT2D eigenvalue weighted by Gasteiger charge is -2.19. The summed E-state index contributed by atoms with van der Waals surface area (Å²) in [5, 5.41) is 0. The third kappa shape index (κ3) is 4.13. The first kappa shape index (κ1) is 18.8. The number of halogens is 4. The summed E-state index contributed by atoms with van der Waals surface area (Å²) in [5.74, 6) is -1.90. The normalized spacial score (nSPS) is 22.1. The molecule has 0 bridgehead atoms. The highest BCUT2D eigenvalue weighted by Gasteiger charge is 2.31. The number of nitrogens with one attached hydrogen (secondary N) is 1. The van der Waals surface area contributed by atoms with E-state index in [-0.39, 0.29) is 28.8 Å². The molecule has 2 unspecified atom stereocenters. The van der Waals surface area contributed by atoms with Gasteiger partial charge in [0.05, 0.1) is 4.47 Å². The van der Waals surface area contributed by atoms with E-state index in [1.54, 1.807) is 0 Å². The van der Waals surface area contributed by atoms with Gasteiger partial charge in [0.2, 0.25) is 10.0 Å². The first-order chi connectivity index (χ1) is 9.35. The average Bonchev–Trinajstić information content (AvgIpc) is 2.80. The monoisotopic (exact) mass is 404 g/mol. The topological polar surface area (TPSA) is 72.2 Å². The van der Waals surface area contributed by atoms with Gasteiger partial charge in [0, 0.05) is 12.1 Å². The molecule has 2 rings (SSSR count). The van der Waals surface area contributed by atoms with E-state index in [4.69, 9.17) is 5.73 Å². The van der Waals surface area contributed by atoms with Crippen molar-refractivity contribution in [2.45, 2.75) is 30.2 Å². The lowest BCUT2D eigenvalue weighted by Crippen LogP contribution is -2.40. The molecule has 0 spiro atoms. The molecule has 0 amide bonds. The molecular weight excluding hydrogens is 390 g/mol. The Balaban J connectivity index is 0.00000220. The van der Waals surface area contributed by atoms with Crippen molar-refractivity contribution in [3.8, 4) is 0 Å². The van der Waals surface area contributed by atoms with Crippen LogP contribution in [0.2, 0.25) is 0 Å². The minimum atomic E-state index is -4.03. The summed E-state index contributed by atoms with van der Waals surface area (Å²) in [6, 6.07) is 1.18. The molecule has 9 heteroatoms. The van der Waals surface area contributed by atoms with E-state index in [0.29, 0.717) is 19.0 Å². The van der Waals surface area contributed by atoms with Crippen molar-refractivity contribution in [3.05, 3.63) is 28.2 Å². The molecule has 3 N–H and O–H groups in total. The molecular formula is C12H16BrClF2N2O2S. The van der Waals surface area contributed by atoms with Crippen LogP contribution in [0.4, 0.5) is 8.78 Å². The third-order valence-electron chi connectivity index (χ3n) is 3.53. The van der Waals surface area contributed by atoms with Crippen molar-refractivity contribution < 1.29 is 17.2 Å². The molecule has 1 aliphatic rings. The zero-order valence-electron chi connectivity index (χ0n) is 11.0. The fraction of sp³-hybridized carbons (Fsp3) is 0.500. The fourth-order valence-electron chi connectivity index (χ4n) is 2.45. The highest BCUT2D eigenvalue weighted by atomic mass is 79.9. The number of rotatable bonds is 4. The van der Waals surface area contributed by atoms with E-state index in [9.17, 15) is 17.2 Å². The van der Waals surface area contributed by atoms with Crippen molar-refractivity contribution in [1.29, 1.82) is 0 Å². The predicted molar refractivity (Wildman–Crippen MR) is 81.8 cm³/mol. The van der Waals surface area contributed by atoms with Crippen molar-refractivity contribution in [1.82, 2.24) is 4.72 Å². The summed E-state index contributed by atoms with van der Waals surface area (Å²) in [4.78, 5) is -0.562. The van der Waals surface area contributed by atoms with Crippen LogP contribution in [0, 0.1) is 17.6 Å². The van der Waals surface area contributed by atoms with Gasteiger partial charge >= 0.3 is 0 Å². The van der Waals surface area contributed by atoms with E-state index >= 15 is 0 Å². The lowest BCUT2D eigenvalue weighted by atomic mass is 10.1. The van der Waals surface area contributed by atoms with E-state index in [2.05, 4.69) is 20.7 Å². The zero-order valence-corrected chi connectivity index (χ0v) is 14.2. The molecule has 0 saturated heterocycles. The maximum atomic E-state index is 13.7. The second-order valence-electron chi connectivity index (χ2n) is 4.85. The number of benzene rings is 1. The van der Waals surface area contributed by atoms with Crippen molar-refractivity contribution in [2.75, 3.05) is 6.54 Å². The van der Waals surface area contributed by atoms with Crippen LogP contribution in [0.15, 0.2) is 21.5 Å². The lowest BCUT2D eigenvalue weighted by molar-refractivity contribution is 0.450. The predicted octanol–water partition coefficient (Wildman–Crippen LogP) is 2.55. The standard InChI is InChI=1S/C12H15BrF2N2O2S.ClH/c13-8-4-12(10(15)5-9(8)14)20(18,19)17-11-3-1-2-7(11)6-16;/h4-5,7,11,17H,1-3,6,16H2;1H. The minimum Gasteiger partial charge on any atom is -0.330 e. The molecule has 21 heavy (non-hydrogen) atoms. The van der Waals surface area contributed by atoms with Gasteiger partial charge in [-0.2, -0.15) is 0 Å². The maximum Gasteiger partial charge on any atom is 0.243 e. The van der Waals surface area contributed by atoms with E-state index < -0.39 is 26.6 Å². The molecule has 2 atom stereocenters. The minimum absolute atomic E-state index is 0. The van der Waals surface area contributed by atoms with Crippen LogP contribution in [0.5, 0.6) is 0 Å². The molecule has 0 aromatic heterocycles. The molecule has 120 valence electrons.